The lowest BCUT2D eigenvalue weighted by atomic mass is 10.2. The van der Waals surface area contributed by atoms with Gasteiger partial charge >= 0.3 is 0 Å². The van der Waals surface area contributed by atoms with Crippen molar-refractivity contribution in [2.24, 2.45) is 0 Å². The first-order chi connectivity index (χ1) is 15.2. The summed E-state index contributed by atoms with van der Waals surface area (Å²) in [5.41, 5.74) is 1.75. The van der Waals surface area contributed by atoms with Crippen molar-refractivity contribution in [3.63, 3.8) is 0 Å². The molecule has 3 heterocycles. The highest BCUT2D eigenvalue weighted by atomic mass is 16.5. The lowest BCUT2D eigenvalue weighted by molar-refractivity contribution is 0.0993. The Morgan fingerprint density at radius 1 is 0.903 bits per heavy atom. The normalized spacial score (nSPS) is 10.3. The van der Waals surface area contributed by atoms with E-state index < -0.39 is 5.91 Å². The zero-order chi connectivity index (χ0) is 21.5. The fourth-order valence-corrected chi connectivity index (χ4v) is 2.76. The average molecular weight is 414 g/mol. The summed E-state index contributed by atoms with van der Waals surface area (Å²) < 4.78 is 10.9. The Balaban J connectivity index is 1.44. The topological polar surface area (TPSA) is 106 Å². The Morgan fingerprint density at radius 3 is 2.58 bits per heavy atom. The summed E-state index contributed by atoms with van der Waals surface area (Å²) in [6.07, 6.45) is 6.35. The molecule has 0 saturated carbocycles. The van der Waals surface area contributed by atoms with Gasteiger partial charge in [0, 0.05) is 29.8 Å². The number of hydrogen-bond donors (Lipinski definition) is 2. The molecule has 2 amide bonds. The molecule has 0 bridgehead atoms. The minimum absolute atomic E-state index is 0.180. The molecule has 0 saturated heterocycles. The summed E-state index contributed by atoms with van der Waals surface area (Å²) in [7, 11) is 0. The fraction of sp³-hybridized carbons (Fsp3) is 0.0435. The molecule has 0 radical (unpaired) electrons. The smallest absolute Gasteiger partial charge is 0.291 e. The van der Waals surface area contributed by atoms with Crippen LogP contribution in [0.4, 0.5) is 11.5 Å². The van der Waals surface area contributed by atoms with E-state index in [1.54, 1.807) is 67.1 Å². The van der Waals surface area contributed by atoms with Gasteiger partial charge in [0.15, 0.2) is 17.3 Å². The molecule has 3 aromatic heterocycles. The lowest BCUT2D eigenvalue weighted by Gasteiger charge is -2.12. The predicted octanol–water partition coefficient (Wildman–Crippen LogP) is 4.15. The largest absolute Gasteiger partial charge is 0.485 e. The van der Waals surface area contributed by atoms with Crippen LogP contribution < -0.4 is 15.4 Å². The number of furan rings is 1. The number of aromatic nitrogens is 2. The standard InChI is InChI=1S/C23H18N4O4/c28-22(17-4-1-5-18(14-17)26-23(29)20-7-3-13-30-20)27-21-19(6-2-10-25-21)31-15-16-8-11-24-12-9-16/h1-14H,15H2,(H,26,29)(H,25,27,28). The summed E-state index contributed by atoms with van der Waals surface area (Å²) >= 11 is 0. The van der Waals surface area contributed by atoms with E-state index in [-0.39, 0.29) is 11.7 Å². The van der Waals surface area contributed by atoms with E-state index in [2.05, 4.69) is 20.6 Å². The van der Waals surface area contributed by atoms with Crippen LogP contribution in [0.1, 0.15) is 26.5 Å². The zero-order valence-electron chi connectivity index (χ0n) is 16.3. The quantitative estimate of drug-likeness (QED) is 0.470. The van der Waals surface area contributed by atoms with Crippen molar-refractivity contribution in [3.8, 4) is 5.75 Å². The van der Waals surface area contributed by atoms with Gasteiger partial charge in [-0.15, -0.1) is 0 Å². The lowest BCUT2D eigenvalue weighted by Crippen LogP contribution is -2.15. The van der Waals surface area contributed by atoms with E-state index in [4.69, 9.17) is 9.15 Å². The van der Waals surface area contributed by atoms with Crippen LogP contribution in [-0.2, 0) is 6.61 Å². The summed E-state index contributed by atoms with van der Waals surface area (Å²) in [4.78, 5) is 33.1. The number of ether oxygens (including phenoxy) is 1. The number of hydrogen-bond acceptors (Lipinski definition) is 6. The van der Waals surface area contributed by atoms with Crippen LogP contribution in [0.3, 0.4) is 0 Å². The summed E-state index contributed by atoms with van der Waals surface area (Å²) in [6.45, 7) is 0.311. The third-order valence-corrected chi connectivity index (χ3v) is 4.27. The Labute approximate surface area is 177 Å². The number of nitrogens with one attached hydrogen (secondary N) is 2. The zero-order valence-corrected chi connectivity index (χ0v) is 16.3. The molecule has 0 atom stereocenters. The van der Waals surface area contributed by atoms with Gasteiger partial charge in [-0.3, -0.25) is 14.6 Å². The van der Waals surface area contributed by atoms with Crippen molar-refractivity contribution in [1.29, 1.82) is 0 Å². The molecule has 31 heavy (non-hydrogen) atoms. The second kappa shape index (κ2) is 9.36. The number of pyridine rings is 2. The van der Waals surface area contributed by atoms with Gasteiger partial charge in [-0.2, -0.15) is 0 Å². The first kappa shape index (κ1) is 19.8. The molecular weight excluding hydrogens is 396 g/mol. The first-order valence-electron chi connectivity index (χ1n) is 9.42. The highest BCUT2D eigenvalue weighted by molar-refractivity contribution is 6.06. The third-order valence-electron chi connectivity index (χ3n) is 4.27. The second-order valence-corrected chi connectivity index (χ2v) is 6.46. The van der Waals surface area contributed by atoms with Crippen LogP contribution in [0.5, 0.6) is 5.75 Å². The number of carbonyl (C=O) groups excluding carboxylic acids is 2. The van der Waals surface area contributed by atoms with Gasteiger partial charge in [0.05, 0.1) is 6.26 Å². The maximum absolute atomic E-state index is 12.8. The Morgan fingerprint density at radius 2 is 1.77 bits per heavy atom. The molecule has 8 nitrogen and oxygen atoms in total. The van der Waals surface area contributed by atoms with Crippen LogP contribution in [0.25, 0.3) is 0 Å². The predicted molar refractivity (Wildman–Crippen MR) is 114 cm³/mol. The molecule has 0 aliphatic heterocycles. The van der Waals surface area contributed by atoms with Crippen molar-refractivity contribution in [2.45, 2.75) is 6.61 Å². The Bertz CT molecular complexity index is 1180. The van der Waals surface area contributed by atoms with Crippen LogP contribution in [-0.4, -0.2) is 21.8 Å². The van der Waals surface area contributed by atoms with E-state index in [9.17, 15) is 9.59 Å². The number of nitrogens with zero attached hydrogens (tertiary/aromatic N) is 2. The van der Waals surface area contributed by atoms with E-state index in [0.717, 1.165) is 5.56 Å². The van der Waals surface area contributed by atoms with Crippen LogP contribution in [0.2, 0.25) is 0 Å². The van der Waals surface area contributed by atoms with Gasteiger partial charge in [-0.1, -0.05) is 6.07 Å². The summed E-state index contributed by atoms with van der Waals surface area (Å²) in [5.74, 6) is 0.126. The van der Waals surface area contributed by atoms with Gasteiger partial charge in [0.25, 0.3) is 11.8 Å². The summed E-state index contributed by atoms with van der Waals surface area (Å²) in [6, 6.07) is 16.9. The van der Waals surface area contributed by atoms with E-state index in [1.165, 1.54) is 6.26 Å². The highest BCUT2D eigenvalue weighted by Gasteiger charge is 2.13. The molecule has 2 N–H and O–H groups in total. The van der Waals surface area contributed by atoms with E-state index >= 15 is 0 Å². The van der Waals surface area contributed by atoms with Crippen LogP contribution >= 0.6 is 0 Å². The molecule has 0 fully saturated rings. The number of benzene rings is 1. The maximum atomic E-state index is 12.8. The minimum atomic E-state index is -0.404. The third kappa shape index (κ3) is 5.13. The van der Waals surface area contributed by atoms with Gasteiger partial charge in [-0.05, 0) is 60.2 Å². The molecule has 4 aromatic rings. The molecule has 8 heteroatoms. The molecule has 0 spiro atoms. The summed E-state index contributed by atoms with van der Waals surface area (Å²) in [5, 5.41) is 5.45. The van der Waals surface area contributed by atoms with Gasteiger partial charge in [0.2, 0.25) is 0 Å². The van der Waals surface area contributed by atoms with Gasteiger partial charge in [-0.25, -0.2) is 4.98 Å². The average Bonchev–Trinajstić information content (AvgIpc) is 3.35. The number of amides is 2. The van der Waals surface area contributed by atoms with Crippen molar-refractivity contribution in [2.75, 3.05) is 10.6 Å². The van der Waals surface area contributed by atoms with Crippen molar-refractivity contribution in [1.82, 2.24) is 9.97 Å². The van der Waals surface area contributed by atoms with Gasteiger partial charge in [0.1, 0.15) is 6.61 Å². The van der Waals surface area contributed by atoms with Gasteiger partial charge < -0.3 is 19.8 Å². The molecule has 1 aromatic carbocycles. The number of rotatable bonds is 7. The molecule has 0 unspecified atom stereocenters. The van der Waals surface area contributed by atoms with Crippen molar-refractivity contribution >= 4 is 23.3 Å². The van der Waals surface area contributed by atoms with Crippen LogP contribution in [0, 0.1) is 0 Å². The molecule has 0 aliphatic carbocycles. The minimum Gasteiger partial charge on any atom is -0.485 e. The molecule has 0 aliphatic rings. The maximum Gasteiger partial charge on any atom is 0.291 e. The number of carbonyl (C=O) groups is 2. The highest BCUT2D eigenvalue weighted by Crippen LogP contribution is 2.23. The molecule has 154 valence electrons. The molecular formula is C23H18N4O4. The first-order valence-corrected chi connectivity index (χ1v) is 9.42. The Hall–Kier alpha value is -4.46. The molecule has 4 rings (SSSR count). The SMILES string of the molecule is O=C(Nc1ncccc1OCc1ccncc1)c1cccc(NC(=O)c2ccco2)c1. The van der Waals surface area contributed by atoms with Crippen molar-refractivity contribution < 1.29 is 18.7 Å². The Kier molecular flexibility index (Phi) is 5.99. The number of anilines is 2. The monoisotopic (exact) mass is 414 g/mol. The fourth-order valence-electron chi connectivity index (χ4n) is 2.76. The van der Waals surface area contributed by atoms with E-state index in [1.807, 2.05) is 12.1 Å². The van der Waals surface area contributed by atoms with Crippen molar-refractivity contribution in [3.05, 3.63) is 102 Å². The second-order valence-electron chi connectivity index (χ2n) is 6.46. The van der Waals surface area contributed by atoms with E-state index in [0.29, 0.717) is 29.4 Å². The van der Waals surface area contributed by atoms with Crippen LogP contribution in [0.15, 0.2) is 89.9 Å².